The highest BCUT2D eigenvalue weighted by molar-refractivity contribution is 5.96. The van der Waals surface area contributed by atoms with Crippen LogP contribution in [0, 0.1) is 5.82 Å². The Balaban J connectivity index is 1.50. The van der Waals surface area contributed by atoms with Gasteiger partial charge in [-0.3, -0.25) is 14.9 Å². The number of amides is 1. The standard InChI is InChI=1S/C26H26FN5O2/c1-2-34-24-11-17(6-7-21(24)16-4-3-5-20(27)10-16)26(33)32(23-9-8-22(23)28)15-19-13-29-12-18-14-30-31-25(18)19/h3-7,10-14,22-23H,2,8-9,15,28H2,1H3,(H,30,31)/t22-,23-/m0/s1. The second kappa shape index (κ2) is 9.23. The first-order valence-electron chi connectivity index (χ1n) is 11.4. The van der Waals surface area contributed by atoms with E-state index in [-0.39, 0.29) is 23.8 Å². The zero-order valence-corrected chi connectivity index (χ0v) is 18.9. The lowest BCUT2D eigenvalue weighted by atomic mass is 9.85. The van der Waals surface area contributed by atoms with E-state index in [0.717, 1.165) is 34.9 Å². The molecule has 34 heavy (non-hydrogen) atoms. The molecule has 1 saturated carbocycles. The molecule has 0 saturated heterocycles. The Hall–Kier alpha value is -3.78. The van der Waals surface area contributed by atoms with E-state index in [4.69, 9.17) is 10.5 Å². The van der Waals surface area contributed by atoms with Crippen LogP contribution >= 0.6 is 0 Å². The number of hydrogen-bond acceptors (Lipinski definition) is 5. The van der Waals surface area contributed by atoms with Crippen LogP contribution in [0.5, 0.6) is 5.75 Å². The summed E-state index contributed by atoms with van der Waals surface area (Å²) >= 11 is 0. The highest BCUT2D eigenvalue weighted by Crippen LogP contribution is 2.34. The van der Waals surface area contributed by atoms with Crippen LogP contribution in [0.2, 0.25) is 0 Å². The van der Waals surface area contributed by atoms with Gasteiger partial charge < -0.3 is 15.4 Å². The summed E-state index contributed by atoms with van der Waals surface area (Å²) in [6.45, 7) is 2.66. The van der Waals surface area contributed by atoms with Crippen molar-refractivity contribution in [3.63, 3.8) is 0 Å². The normalized spacial score (nSPS) is 17.4. The molecule has 0 radical (unpaired) electrons. The number of benzene rings is 2. The Kier molecular flexibility index (Phi) is 5.98. The van der Waals surface area contributed by atoms with Gasteiger partial charge >= 0.3 is 0 Å². The van der Waals surface area contributed by atoms with E-state index in [1.165, 1.54) is 12.1 Å². The number of carbonyl (C=O) groups excluding carboxylic acids is 1. The summed E-state index contributed by atoms with van der Waals surface area (Å²) in [5, 5.41) is 8.00. The molecule has 8 heteroatoms. The van der Waals surface area contributed by atoms with Crippen molar-refractivity contribution in [3.05, 3.63) is 78.0 Å². The average molecular weight is 460 g/mol. The Morgan fingerprint density at radius 2 is 2.09 bits per heavy atom. The highest BCUT2D eigenvalue weighted by atomic mass is 19.1. The van der Waals surface area contributed by atoms with Gasteiger partial charge in [-0.1, -0.05) is 12.1 Å². The summed E-state index contributed by atoms with van der Waals surface area (Å²) in [6.07, 6.45) is 6.93. The molecular weight excluding hydrogens is 433 g/mol. The first-order chi connectivity index (χ1) is 16.5. The lowest BCUT2D eigenvalue weighted by molar-refractivity contribution is 0.0504. The Morgan fingerprint density at radius 3 is 2.82 bits per heavy atom. The molecule has 1 fully saturated rings. The zero-order chi connectivity index (χ0) is 23.7. The largest absolute Gasteiger partial charge is 0.493 e. The van der Waals surface area contributed by atoms with E-state index in [0.29, 0.717) is 30.0 Å². The Morgan fingerprint density at radius 1 is 1.21 bits per heavy atom. The zero-order valence-electron chi connectivity index (χ0n) is 18.9. The number of carbonyl (C=O) groups is 1. The predicted molar refractivity (Wildman–Crippen MR) is 128 cm³/mol. The molecule has 0 spiro atoms. The van der Waals surface area contributed by atoms with E-state index in [2.05, 4.69) is 15.2 Å². The third-order valence-electron chi connectivity index (χ3n) is 6.39. The minimum atomic E-state index is -0.327. The number of aromatic nitrogens is 3. The first-order valence-corrected chi connectivity index (χ1v) is 11.4. The van der Waals surface area contributed by atoms with E-state index < -0.39 is 0 Å². The summed E-state index contributed by atoms with van der Waals surface area (Å²) in [6, 6.07) is 11.5. The van der Waals surface area contributed by atoms with Gasteiger partial charge in [-0.05, 0) is 55.7 Å². The van der Waals surface area contributed by atoms with Crippen molar-refractivity contribution in [2.45, 2.75) is 38.4 Å². The fourth-order valence-electron chi connectivity index (χ4n) is 4.45. The Labute approximate surface area is 196 Å². The molecule has 1 aliphatic carbocycles. The van der Waals surface area contributed by atoms with Crippen LogP contribution < -0.4 is 10.5 Å². The molecule has 2 atom stereocenters. The van der Waals surface area contributed by atoms with E-state index in [1.807, 2.05) is 24.0 Å². The van der Waals surface area contributed by atoms with Gasteiger partial charge in [0, 0.05) is 53.1 Å². The van der Waals surface area contributed by atoms with Gasteiger partial charge in [0.05, 0.1) is 18.3 Å². The minimum absolute atomic E-state index is 0.0656. The number of hydrogen-bond donors (Lipinski definition) is 2. The second-order valence-corrected chi connectivity index (χ2v) is 8.53. The number of nitrogens with one attached hydrogen (secondary N) is 1. The van der Waals surface area contributed by atoms with Crippen LogP contribution in [0.25, 0.3) is 22.0 Å². The molecular formula is C26H26FN5O2. The van der Waals surface area contributed by atoms with Crippen LogP contribution in [0.15, 0.2) is 61.1 Å². The number of nitrogens with zero attached hydrogens (tertiary/aromatic N) is 3. The molecule has 0 unspecified atom stereocenters. The van der Waals surface area contributed by atoms with E-state index in [9.17, 15) is 9.18 Å². The molecule has 2 aromatic carbocycles. The molecule has 1 amide bonds. The van der Waals surface area contributed by atoms with Crippen molar-refractivity contribution in [1.82, 2.24) is 20.1 Å². The number of ether oxygens (including phenoxy) is 1. The molecule has 0 bridgehead atoms. The second-order valence-electron chi connectivity index (χ2n) is 8.53. The predicted octanol–water partition coefficient (Wildman–Crippen LogP) is 4.29. The van der Waals surface area contributed by atoms with Crippen LogP contribution in [-0.4, -0.2) is 44.7 Å². The summed E-state index contributed by atoms with van der Waals surface area (Å²) in [5.74, 6) is 0.0735. The van der Waals surface area contributed by atoms with Crippen LogP contribution in [0.3, 0.4) is 0 Å². The third kappa shape index (κ3) is 4.12. The number of pyridine rings is 1. The lowest BCUT2D eigenvalue weighted by Crippen LogP contribution is -2.56. The van der Waals surface area contributed by atoms with Gasteiger partial charge in [-0.2, -0.15) is 5.10 Å². The highest BCUT2D eigenvalue weighted by Gasteiger charge is 2.36. The van der Waals surface area contributed by atoms with Crippen molar-refractivity contribution in [2.24, 2.45) is 5.73 Å². The monoisotopic (exact) mass is 459 g/mol. The van der Waals surface area contributed by atoms with Crippen molar-refractivity contribution < 1.29 is 13.9 Å². The van der Waals surface area contributed by atoms with Crippen molar-refractivity contribution in [1.29, 1.82) is 0 Å². The quantitative estimate of drug-likeness (QED) is 0.430. The molecule has 1 aliphatic rings. The number of rotatable bonds is 7. The fraction of sp³-hybridized carbons (Fsp3) is 0.269. The maximum atomic E-state index is 13.8. The lowest BCUT2D eigenvalue weighted by Gasteiger charge is -2.42. The van der Waals surface area contributed by atoms with Crippen LogP contribution in [0.1, 0.15) is 35.7 Å². The topological polar surface area (TPSA) is 97.1 Å². The van der Waals surface area contributed by atoms with Gasteiger partial charge in [0.2, 0.25) is 0 Å². The van der Waals surface area contributed by atoms with Crippen LogP contribution in [0.4, 0.5) is 4.39 Å². The summed E-state index contributed by atoms with van der Waals surface area (Å²) in [5.41, 5.74) is 9.94. The SMILES string of the molecule is CCOc1cc(C(=O)N(Cc2cncc3cn[nH]c23)[C@H]2CC[C@@H]2N)ccc1-c1cccc(F)c1. The van der Waals surface area contributed by atoms with Gasteiger partial charge in [-0.25, -0.2) is 4.39 Å². The smallest absolute Gasteiger partial charge is 0.254 e. The number of aromatic amines is 1. The maximum absolute atomic E-state index is 13.8. The molecule has 2 aromatic heterocycles. The number of H-pyrrole nitrogens is 1. The molecule has 2 heterocycles. The molecule has 174 valence electrons. The molecule has 4 aromatic rings. The van der Waals surface area contributed by atoms with E-state index >= 15 is 0 Å². The minimum Gasteiger partial charge on any atom is -0.493 e. The molecule has 5 rings (SSSR count). The Bertz CT molecular complexity index is 1340. The van der Waals surface area contributed by atoms with Crippen molar-refractivity contribution in [2.75, 3.05) is 6.61 Å². The van der Waals surface area contributed by atoms with Crippen molar-refractivity contribution in [3.8, 4) is 16.9 Å². The van der Waals surface area contributed by atoms with Gasteiger partial charge in [0.1, 0.15) is 11.6 Å². The number of halogens is 1. The molecule has 7 nitrogen and oxygen atoms in total. The van der Waals surface area contributed by atoms with Gasteiger partial charge in [0.15, 0.2) is 0 Å². The average Bonchev–Trinajstić information content (AvgIpc) is 3.32. The molecule has 0 aliphatic heterocycles. The van der Waals surface area contributed by atoms with E-state index in [1.54, 1.807) is 36.8 Å². The summed E-state index contributed by atoms with van der Waals surface area (Å²) in [4.78, 5) is 19.9. The number of fused-ring (bicyclic) bond motifs is 1. The first kappa shape index (κ1) is 22.0. The van der Waals surface area contributed by atoms with Crippen LogP contribution in [-0.2, 0) is 6.54 Å². The summed E-state index contributed by atoms with van der Waals surface area (Å²) < 4.78 is 19.7. The summed E-state index contributed by atoms with van der Waals surface area (Å²) in [7, 11) is 0. The fourth-order valence-corrected chi connectivity index (χ4v) is 4.45. The number of nitrogens with two attached hydrogens (primary N) is 1. The van der Waals surface area contributed by atoms with Gasteiger partial charge in [0.25, 0.3) is 5.91 Å². The van der Waals surface area contributed by atoms with Crippen molar-refractivity contribution >= 4 is 16.8 Å². The molecule has 3 N–H and O–H groups in total. The maximum Gasteiger partial charge on any atom is 0.254 e. The third-order valence-corrected chi connectivity index (χ3v) is 6.39. The van der Waals surface area contributed by atoms with Gasteiger partial charge in [-0.15, -0.1) is 0 Å².